The molecule has 0 saturated heterocycles. The molecule has 1 nitrogen and oxygen atoms in total. The molecule has 0 N–H and O–H groups in total. The summed E-state index contributed by atoms with van der Waals surface area (Å²) in [6.45, 7) is 0. The van der Waals surface area contributed by atoms with E-state index in [0.717, 1.165) is 11.3 Å². The molecule has 0 aliphatic rings. The Kier molecular flexibility index (Phi) is 4.45. The molecule has 0 fully saturated rings. The van der Waals surface area contributed by atoms with E-state index in [9.17, 15) is 0 Å². The minimum Gasteiger partial charge on any atom is -0.302 e. The second kappa shape index (κ2) is 6.07. The summed E-state index contributed by atoms with van der Waals surface area (Å²) in [6, 6.07) is 19.5. The number of rotatable bonds is 4. The molecule has 0 bridgehead atoms. The molecule has 2 aromatic rings. The van der Waals surface area contributed by atoms with Crippen LogP contribution in [0.15, 0.2) is 59.5 Å². The van der Waals surface area contributed by atoms with Crippen LogP contribution in [-0.2, 0) is 6.42 Å². The van der Waals surface area contributed by atoms with Gasteiger partial charge >= 0.3 is 0 Å². The van der Waals surface area contributed by atoms with E-state index in [1.165, 1.54) is 11.1 Å². The zero-order chi connectivity index (χ0) is 13.0. The van der Waals surface area contributed by atoms with E-state index in [1.54, 1.807) is 0 Å². The molecule has 2 aromatic carbocycles. The molecule has 18 heavy (non-hydrogen) atoms. The predicted molar refractivity (Wildman–Crippen MR) is 80.3 cm³/mol. The Morgan fingerprint density at radius 2 is 1.56 bits per heavy atom. The Labute approximate surface area is 115 Å². The maximum atomic E-state index is 4.32. The summed E-state index contributed by atoms with van der Waals surface area (Å²) in [7, 11) is 4.26. The van der Waals surface area contributed by atoms with Crippen molar-refractivity contribution in [3.8, 4) is 0 Å². The highest BCUT2D eigenvalue weighted by atomic mass is 32.1. The maximum absolute atomic E-state index is 4.32. The third kappa shape index (κ3) is 3.37. The fraction of sp³-hybridized carbons (Fsp3) is 0.250. The smallest absolute Gasteiger partial charge is 0.0382 e. The third-order valence-electron chi connectivity index (χ3n) is 3.17. The van der Waals surface area contributed by atoms with Crippen LogP contribution in [0.25, 0.3) is 0 Å². The number of hydrogen-bond acceptors (Lipinski definition) is 2. The summed E-state index contributed by atoms with van der Waals surface area (Å²) in [5.41, 5.74) is 2.70. The molecule has 0 radical (unpaired) electrons. The number of hydrogen-bond donors (Lipinski definition) is 1. The lowest BCUT2D eigenvalue weighted by molar-refractivity contribution is 0.297. The van der Waals surface area contributed by atoms with Gasteiger partial charge < -0.3 is 4.90 Å². The van der Waals surface area contributed by atoms with E-state index in [1.807, 2.05) is 0 Å². The molecular formula is C16H19NS. The van der Waals surface area contributed by atoms with Crippen molar-refractivity contribution in [1.82, 2.24) is 4.90 Å². The van der Waals surface area contributed by atoms with Crippen LogP contribution in [0, 0.1) is 0 Å². The monoisotopic (exact) mass is 257 g/mol. The Hall–Kier alpha value is -1.25. The molecule has 1 atom stereocenters. The summed E-state index contributed by atoms with van der Waals surface area (Å²) < 4.78 is 0. The van der Waals surface area contributed by atoms with Crippen molar-refractivity contribution < 1.29 is 0 Å². The lowest BCUT2D eigenvalue weighted by atomic mass is 9.98. The van der Waals surface area contributed by atoms with Gasteiger partial charge in [-0.2, -0.15) is 0 Å². The number of likely N-dealkylation sites (N-methyl/N-ethyl adjacent to an activating group) is 1. The van der Waals surface area contributed by atoms with Gasteiger partial charge in [-0.25, -0.2) is 0 Å². The first-order valence-corrected chi connectivity index (χ1v) is 6.61. The van der Waals surface area contributed by atoms with Crippen LogP contribution >= 0.6 is 12.6 Å². The highest BCUT2D eigenvalue weighted by Gasteiger charge is 2.14. The molecule has 1 unspecified atom stereocenters. The molecule has 0 aromatic heterocycles. The van der Waals surface area contributed by atoms with Gasteiger partial charge in [0.05, 0.1) is 0 Å². The Bertz CT molecular complexity index is 476. The zero-order valence-electron chi connectivity index (χ0n) is 10.9. The third-order valence-corrected chi connectivity index (χ3v) is 3.47. The quantitative estimate of drug-likeness (QED) is 0.815. The Balaban J connectivity index is 2.19. The van der Waals surface area contributed by atoms with Gasteiger partial charge in [0.15, 0.2) is 0 Å². The van der Waals surface area contributed by atoms with Crippen molar-refractivity contribution in [3.05, 3.63) is 65.7 Å². The van der Waals surface area contributed by atoms with Crippen LogP contribution in [0.5, 0.6) is 0 Å². The highest BCUT2D eigenvalue weighted by molar-refractivity contribution is 7.80. The van der Waals surface area contributed by atoms with Crippen LogP contribution in [0.3, 0.4) is 0 Å². The van der Waals surface area contributed by atoms with Crippen LogP contribution in [0.4, 0.5) is 0 Å². The molecule has 0 aliphatic heterocycles. The Morgan fingerprint density at radius 1 is 0.944 bits per heavy atom. The van der Waals surface area contributed by atoms with E-state index in [0.29, 0.717) is 6.04 Å². The SMILES string of the molecule is CN(C)C(Cc1ccc(S)cc1)c1ccccc1. The zero-order valence-corrected chi connectivity index (χ0v) is 11.8. The van der Waals surface area contributed by atoms with Crippen LogP contribution in [-0.4, -0.2) is 19.0 Å². The first-order valence-electron chi connectivity index (χ1n) is 6.16. The van der Waals surface area contributed by atoms with E-state index in [-0.39, 0.29) is 0 Å². The van der Waals surface area contributed by atoms with Gasteiger partial charge in [-0.1, -0.05) is 42.5 Å². The van der Waals surface area contributed by atoms with Gasteiger partial charge in [0, 0.05) is 10.9 Å². The van der Waals surface area contributed by atoms with Crippen molar-refractivity contribution in [2.75, 3.05) is 14.1 Å². The molecule has 2 heteroatoms. The second-order valence-electron chi connectivity index (χ2n) is 4.76. The molecule has 0 spiro atoms. The van der Waals surface area contributed by atoms with E-state index >= 15 is 0 Å². The van der Waals surface area contributed by atoms with Crippen molar-refractivity contribution in [2.45, 2.75) is 17.4 Å². The fourth-order valence-electron chi connectivity index (χ4n) is 2.13. The maximum Gasteiger partial charge on any atom is 0.0382 e. The topological polar surface area (TPSA) is 3.24 Å². The standard InChI is InChI=1S/C16H19NS/c1-17(2)16(14-6-4-3-5-7-14)12-13-8-10-15(18)11-9-13/h3-11,16,18H,12H2,1-2H3. The molecule has 0 saturated carbocycles. The van der Waals surface area contributed by atoms with Crippen LogP contribution in [0.1, 0.15) is 17.2 Å². The Morgan fingerprint density at radius 3 is 2.11 bits per heavy atom. The summed E-state index contributed by atoms with van der Waals surface area (Å²) >= 11 is 4.32. The number of benzene rings is 2. The van der Waals surface area contributed by atoms with E-state index in [2.05, 4.69) is 86.2 Å². The summed E-state index contributed by atoms with van der Waals surface area (Å²) in [5.74, 6) is 0. The number of nitrogens with zero attached hydrogens (tertiary/aromatic N) is 1. The van der Waals surface area contributed by atoms with Crippen molar-refractivity contribution >= 4 is 12.6 Å². The first kappa shape index (κ1) is 13.2. The minimum absolute atomic E-state index is 0.414. The minimum atomic E-state index is 0.414. The average molecular weight is 257 g/mol. The molecule has 2 rings (SSSR count). The van der Waals surface area contributed by atoms with Gasteiger partial charge in [0.1, 0.15) is 0 Å². The lowest BCUT2D eigenvalue weighted by Gasteiger charge is -2.25. The molecule has 0 heterocycles. The molecular weight excluding hydrogens is 238 g/mol. The van der Waals surface area contributed by atoms with E-state index < -0.39 is 0 Å². The van der Waals surface area contributed by atoms with Gasteiger partial charge in [-0.05, 0) is 43.8 Å². The average Bonchev–Trinajstić information content (AvgIpc) is 2.38. The number of thiol groups is 1. The highest BCUT2D eigenvalue weighted by Crippen LogP contribution is 2.23. The largest absolute Gasteiger partial charge is 0.302 e. The van der Waals surface area contributed by atoms with Gasteiger partial charge in [-0.15, -0.1) is 12.6 Å². The van der Waals surface area contributed by atoms with Crippen LogP contribution in [0.2, 0.25) is 0 Å². The van der Waals surface area contributed by atoms with Crippen molar-refractivity contribution in [1.29, 1.82) is 0 Å². The first-order chi connectivity index (χ1) is 8.66. The summed E-state index contributed by atoms with van der Waals surface area (Å²) in [4.78, 5) is 3.28. The normalized spacial score (nSPS) is 12.7. The van der Waals surface area contributed by atoms with Crippen molar-refractivity contribution in [2.24, 2.45) is 0 Å². The molecule has 0 amide bonds. The van der Waals surface area contributed by atoms with Gasteiger partial charge in [0.25, 0.3) is 0 Å². The summed E-state index contributed by atoms with van der Waals surface area (Å²) in [6.07, 6.45) is 1.02. The summed E-state index contributed by atoms with van der Waals surface area (Å²) in [5, 5.41) is 0. The molecule has 0 aliphatic carbocycles. The predicted octanol–water partition coefficient (Wildman–Crippen LogP) is 3.82. The van der Waals surface area contributed by atoms with Gasteiger partial charge in [-0.3, -0.25) is 0 Å². The fourth-order valence-corrected chi connectivity index (χ4v) is 2.28. The van der Waals surface area contributed by atoms with Crippen LogP contribution < -0.4 is 0 Å². The molecule has 94 valence electrons. The second-order valence-corrected chi connectivity index (χ2v) is 5.28. The van der Waals surface area contributed by atoms with Crippen molar-refractivity contribution in [3.63, 3.8) is 0 Å². The van der Waals surface area contributed by atoms with Gasteiger partial charge in [0.2, 0.25) is 0 Å². The van der Waals surface area contributed by atoms with E-state index in [4.69, 9.17) is 0 Å². The lowest BCUT2D eigenvalue weighted by Crippen LogP contribution is -2.22.